The Labute approximate surface area is 163 Å². The molecule has 0 aromatic carbocycles. The fourth-order valence-electron chi connectivity index (χ4n) is 3.21. The normalized spacial score (nSPS) is 16.4. The lowest BCUT2D eigenvalue weighted by atomic mass is 9.83. The van der Waals surface area contributed by atoms with Crippen LogP contribution in [0.1, 0.15) is 51.6 Å². The van der Waals surface area contributed by atoms with Crippen LogP contribution in [-0.2, 0) is 6.54 Å². The molecule has 1 aromatic rings. The van der Waals surface area contributed by atoms with Crippen LogP contribution in [0.15, 0.2) is 23.2 Å². The van der Waals surface area contributed by atoms with Gasteiger partial charge in [-0.15, -0.1) is 24.0 Å². The fourth-order valence-corrected chi connectivity index (χ4v) is 3.21. The van der Waals surface area contributed by atoms with Gasteiger partial charge in [-0.25, -0.2) is 9.98 Å². The van der Waals surface area contributed by atoms with Crippen molar-refractivity contribution in [3.05, 3.63) is 23.9 Å². The predicted molar refractivity (Wildman–Crippen MR) is 110 cm³/mol. The maximum Gasteiger partial charge on any atom is 0.213 e. The highest BCUT2D eigenvalue weighted by molar-refractivity contribution is 14.0. The minimum atomic E-state index is 0. The van der Waals surface area contributed by atoms with Gasteiger partial charge in [0.05, 0.1) is 19.3 Å². The van der Waals surface area contributed by atoms with Gasteiger partial charge in [-0.2, -0.15) is 0 Å². The molecular formula is C18H31IN4O. The first-order valence-corrected chi connectivity index (χ1v) is 8.73. The maximum atomic E-state index is 5.16. The van der Waals surface area contributed by atoms with E-state index in [9.17, 15) is 0 Å². The summed E-state index contributed by atoms with van der Waals surface area (Å²) < 4.78 is 5.16. The highest BCUT2D eigenvalue weighted by Crippen LogP contribution is 2.40. The van der Waals surface area contributed by atoms with Crippen LogP contribution in [0.3, 0.4) is 0 Å². The summed E-state index contributed by atoms with van der Waals surface area (Å²) in [7, 11) is 1.63. The second-order valence-electron chi connectivity index (χ2n) is 6.28. The second kappa shape index (κ2) is 10.7. The Bertz CT molecular complexity index is 515. The number of aromatic nitrogens is 1. The van der Waals surface area contributed by atoms with E-state index >= 15 is 0 Å². The first kappa shape index (κ1) is 21.0. The molecule has 0 atom stereocenters. The molecule has 136 valence electrons. The van der Waals surface area contributed by atoms with E-state index in [4.69, 9.17) is 4.74 Å². The Morgan fingerprint density at radius 3 is 2.62 bits per heavy atom. The first-order chi connectivity index (χ1) is 11.2. The number of methoxy groups -OCH3 is 1. The SMILES string of the molecule is CCNC(=NCc1cccc(OC)n1)NCC1(CC)CCCC1.I. The van der Waals surface area contributed by atoms with Crippen molar-refractivity contribution in [1.82, 2.24) is 15.6 Å². The van der Waals surface area contributed by atoms with Crippen LogP contribution in [0.4, 0.5) is 0 Å². The summed E-state index contributed by atoms with van der Waals surface area (Å²) in [6.45, 7) is 6.80. The number of halogens is 1. The summed E-state index contributed by atoms with van der Waals surface area (Å²) in [5.74, 6) is 1.50. The summed E-state index contributed by atoms with van der Waals surface area (Å²) in [5.41, 5.74) is 1.36. The van der Waals surface area contributed by atoms with Crippen molar-refractivity contribution in [2.75, 3.05) is 20.2 Å². The van der Waals surface area contributed by atoms with Crippen LogP contribution < -0.4 is 15.4 Å². The molecule has 1 aliphatic rings. The molecule has 1 aliphatic carbocycles. The van der Waals surface area contributed by atoms with E-state index in [1.807, 2.05) is 18.2 Å². The van der Waals surface area contributed by atoms with Gasteiger partial charge in [0.1, 0.15) is 0 Å². The van der Waals surface area contributed by atoms with Gasteiger partial charge < -0.3 is 15.4 Å². The van der Waals surface area contributed by atoms with Gasteiger partial charge in [-0.1, -0.05) is 25.8 Å². The zero-order valence-electron chi connectivity index (χ0n) is 15.1. The van der Waals surface area contributed by atoms with E-state index in [2.05, 4.69) is 34.5 Å². The summed E-state index contributed by atoms with van der Waals surface area (Å²) in [4.78, 5) is 9.07. The Hall–Kier alpha value is -1.05. The molecule has 0 aliphatic heterocycles. The van der Waals surface area contributed by atoms with Gasteiger partial charge in [0.25, 0.3) is 0 Å². The molecule has 0 bridgehead atoms. The van der Waals surface area contributed by atoms with E-state index < -0.39 is 0 Å². The number of hydrogen-bond donors (Lipinski definition) is 2. The maximum absolute atomic E-state index is 5.16. The van der Waals surface area contributed by atoms with Gasteiger partial charge in [0, 0.05) is 19.2 Å². The van der Waals surface area contributed by atoms with Crippen molar-refractivity contribution >= 4 is 29.9 Å². The molecule has 0 radical (unpaired) electrons. The van der Waals surface area contributed by atoms with E-state index in [1.54, 1.807) is 7.11 Å². The van der Waals surface area contributed by atoms with Gasteiger partial charge in [0.2, 0.25) is 5.88 Å². The van der Waals surface area contributed by atoms with E-state index in [0.717, 1.165) is 24.7 Å². The topological polar surface area (TPSA) is 58.5 Å². The third kappa shape index (κ3) is 6.11. The molecule has 0 amide bonds. The minimum absolute atomic E-state index is 0. The van der Waals surface area contributed by atoms with Crippen molar-refractivity contribution in [3.63, 3.8) is 0 Å². The van der Waals surface area contributed by atoms with Crippen molar-refractivity contribution in [3.8, 4) is 5.88 Å². The van der Waals surface area contributed by atoms with Crippen LogP contribution in [0.2, 0.25) is 0 Å². The van der Waals surface area contributed by atoms with Gasteiger partial charge in [0.15, 0.2) is 5.96 Å². The average Bonchev–Trinajstić information content (AvgIpc) is 3.07. The van der Waals surface area contributed by atoms with Crippen molar-refractivity contribution in [2.45, 2.75) is 52.5 Å². The first-order valence-electron chi connectivity index (χ1n) is 8.73. The lowest BCUT2D eigenvalue weighted by Gasteiger charge is -2.28. The standard InChI is InChI=1S/C18H30N4O.HI/c1-4-18(11-6-7-12-18)14-21-17(19-5-2)20-13-15-9-8-10-16(22-15)23-3;/h8-10H,4-7,11-14H2,1-3H3,(H2,19,20,21);1H. The minimum Gasteiger partial charge on any atom is -0.481 e. The smallest absolute Gasteiger partial charge is 0.213 e. The van der Waals surface area contributed by atoms with Crippen molar-refractivity contribution in [1.29, 1.82) is 0 Å². The van der Waals surface area contributed by atoms with E-state index in [1.165, 1.54) is 32.1 Å². The zero-order chi connectivity index (χ0) is 16.5. The number of pyridine rings is 1. The van der Waals surface area contributed by atoms with Crippen LogP contribution in [0.25, 0.3) is 0 Å². The molecule has 1 saturated carbocycles. The summed E-state index contributed by atoms with van der Waals surface area (Å²) >= 11 is 0. The van der Waals surface area contributed by atoms with Crippen LogP contribution >= 0.6 is 24.0 Å². The Kier molecular flexibility index (Phi) is 9.39. The molecule has 0 saturated heterocycles. The molecule has 0 unspecified atom stereocenters. The number of rotatable bonds is 7. The van der Waals surface area contributed by atoms with E-state index in [0.29, 0.717) is 17.8 Å². The fraction of sp³-hybridized carbons (Fsp3) is 0.667. The lowest BCUT2D eigenvalue weighted by molar-refractivity contribution is 0.283. The highest BCUT2D eigenvalue weighted by Gasteiger charge is 2.31. The number of guanidine groups is 1. The molecule has 1 fully saturated rings. The summed E-state index contributed by atoms with van der Waals surface area (Å²) in [6.07, 6.45) is 6.60. The van der Waals surface area contributed by atoms with Gasteiger partial charge >= 0.3 is 0 Å². The molecule has 1 aromatic heterocycles. The largest absolute Gasteiger partial charge is 0.481 e. The molecule has 5 nitrogen and oxygen atoms in total. The Morgan fingerprint density at radius 2 is 2.00 bits per heavy atom. The summed E-state index contributed by atoms with van der Waals surface area (Å²) in [6, 6.07) is 5.77. The lowest BCUT2D eigenvalue weighted by Crippen LogP contribution is -2.42. The van der Waals surface area contributed by atoms with Crippen LogP contribution in [0.5, 0.6) is 5.88 Å². The van der Waals surface area contributed by atoms with Gasteiger partial charge in [-0.05, 0) is 37.7 Å². The van der Waals surface area contributed by atoms with Crippen LogP contribution in [-0.4, -0.2) is 31.1 Å². The predicted octanol–water partition coefficient (Wildman–Crippen LogP) is 3.73. The second-order valence-corrected chi connectivity index (χ2v) is 6.28. The zero-order valence-corrected chi connectivity index (χ0v) is 17.4. The van der Waals surface area contributed by atoms with Crippen molar-refractivity contribution < 1.29 is 4.74 Å². The molecule has 1 heterocycles. The number of ether oxygens (including phenoxy) is 1. The molecule has 6 heteroatoms. The third-order valence-corrected chi connectivity index (χ3v) is 4.78. The Morgan fingerprint density at radius 1 is 1.25 bits per heavy atom. The Balaban J connectivity index is 0.00000288. The summed E-state index contributed by atoms with van der Waals surface area (Å²) in [5, 5.41) is 6.86. The number of nitrogens with one attached hydrogen (secondary N) is 2. The number of aliphatic imine (C=N–C) groups is 1. The molecular weight excluding hydrogens is 415 g/mol. The van der Waals surface area contributed by atoms with Gasteiger partial charge in [-0.3, -0.25) is 0 Å². The quantitative estimate of drug-likeness (QED) is 0.381. The molecule has 2 N–H and O–H groups in total. The van der Waals surface area contributed by atoms with Crippen molar-refractivity contribution in [2.24, 2.45) is 10.4 Å². The molecule has 0 spiro atoms. The number of hydrogen-bond acceptors (Lipinski definition) is 3. The molecule has 2 rings (SSSR count). The van der Waals surface area contributed by atoms with E-state index in [-0.39, 0.29) is 24.0 Å². The average molecular weight is 446 g/mol. The number of nitrogens with zero attached hydrogens (tertiary/aromatic N) is 2. The highest BCUT2D eigenvalue weighted by atomic mass is 127. The third-order valence-electron chi connectivity index (χ3n) is 4.78. The monoisotopic (exact) mass is 446 g/mol. The van der Waals surface area contributed by atoms with Crippen LogP contribution in [0, 0.1) is 5.41 Å². The molecule has 24 heavy (non-hydrogen) atoms.